The van der Waals surface area contributed by atoms with E-state index in [0.717, 1.165) is 17.7 Å². The molecule has 7 heteroatoms. The first-order valence-electron chi connectivity index (χ1n) is 7.58. The number of hydrogen-bond acceptors (Lipinski definition) is 4. The number of alkyl halides is 1. The average Bonchev–Trinajstić information content (AvgIpc) is 2.79. The van der Waals surface area contributed by atoms with E-state index in [2.05, 4.69) is 37.5 Å². The number of H-pyrrole nitrogens is 1. The zero-order chi connectivity index (χ0) is 17.7. The van der Waals surface area contributed by atoms with Crippen molar-refractivity contribution in [1.29, 1.82) is 5.26 Å². The summed E-state index contributed by atoms with van der Waals surface area (Å²) in [6.45, 7) is 9.36. The van der Waals surface area contributed by atoms with Crippen LogP contribution in [0.25, 0.3) is 0 Å². The van der Waals surface area contributed by atoms with E-state index in [4.69, 9.17) is 10.00 Å². The maximum absolute atomic E-state index is 11.9. The van der Waals surface area contributed by atoms with E-state index in [0.29, 0.717) is 12.8 Å². The molecule has 0 aromatic carbocycles. The fraction of sp³-hybridized carbons (Fsp3) is 0.688. The van der Waals surface area contributed by atoms with Gasteiger partial charge in [-0.25, -0.2) is 4.79 Å². The summed E-state index contributed by atoms with van der Waals surface area (Å²) in [4.78, 5) is 11.8. The molecule has 1 atom stereocenters. The van der Waals surface area contributed by atoms with Gasteiger partial charge in [-0.05, 0) is 53.0 Å². The number of alkyl carbamates (subject to hydrolysis) is 1. The van der Waals surface area contributed by atoms with Crippen molar-refractivity contribution >= 4 is 22.0 Å². The van der Waals surface area contributed by atoms with Gasteiger partial charge in [0.2, 0.25) is 0 Å². The van der Waals surface area contributed by atoms with Gasteiger partial charge in [0.1, 0.15) is 10.4 Å². The second-order valence-corrected chi connectivity index (χ2v) is 8.30. The maximum Gasteiger partial charge on any atom is 0.408 e. The largest absolute Gasteiger partial charge is 0.444 e. The van der Waals surface area contributed by atoms with Gasteiger partial charge in [-0.1, -0.05) is 15.9 Å². The molecule has 1 unspecified atom stereocenters. The quantitative estimate of drug-likeness (QED) is 0.734. The van der Waals surface area contributed by atoms with Crippen molar-refractivity contribution < 1.29 is 9.53 Å². The Labute approximate surface area is 146 Å². The minimum absolute atomic E-state index is 0.168. The van der Waals surface area contributed by atoms with Crippen LogP contribution in [0.2, 0.25) is 0 Å². The predicted molar refractivity (Wildman–Crippen MR) is 92.4 cm³/mol. The van der Waals surface area contributed by atoms with Gasteiger partial charge in [0, 0.05) is 17.7 Å². The highest BCUT2D eigenvalue weighted by atomic mass is 79.9. The van der Waals surface area contributed by atoms with Crippen LogP contribution in [0, 0.1) is 11.3 Å². The first-order chi connectivity index (χ1) is 10.5. The molecule has 2 N–H and O–H groups in total. The number of aromatic nitrogens is 2. The van der Waals surface area contributed by atoms with Gasteiger partial charge < -0.3 is 10.1 Å². The van der Waals surface area contributed by atoms with E-state index in [-0.39, 0.29) is 4.83 Å². The Morgan fingerprint density at radius 1 is 1.48 bits per heavy atom. The molecule has 0 radical (unpaired) electrons. The van der Waals surface area contributed by atoms with E-state index in [1.54, 1.807) is 6.20 Å². The van der Waals surface area contributed by atoms with Crippen molar-refractivity contribution in [2.75, 3.05) is 0 Å². The summed E-state index contributed by atoms with van der Waals surface area (Å²) in [5.41, 5.74) is 1.01. The molecule has 1 aromatic rings. The fourth-order valence-corrected chi connectivity index (χ4v) is 2.35. The zero-order valence-corrected chi connectivity index (χ0v) is 16.0. The molecule has 6 nitrogen and oxygen atoms in total. The molecule has 0 spiro atoms. The topological polar surface area (TPSA) is 90.8 Å². The number of nitrogens with zero attached hydrogens (tertiary/aromatic N) is 2. The van der Waals surface area contributed by atoms with E-state index >= 15 is 0 Å². The van der Waals surface area contributed by atoms with Crippen molar-refractivity contribution in [3.8, 4) is 6.07 Å². The molecule has 1 rings (SSSR count). The number of halogens is 1. The summed E-state index contributed by atoms with van der Waals surface area (Å²) < 4.78 is 5.30. The summed E-state index contributed by atoms with van der Waals surface area (Å²) in [6.07, 6.45) is 3.39. The van der Waals surface area contributed by atoms with Gasteiger partial charge in [0.15, 0.2) is 0 Å². The molecule has 0 aliphatic carbocycles. The van der Waals surface area contributed by atoms with Gasteiger partial charge in [-0.15, -0.1) is 0 Å². The van der Waals surface area contributed by atoms with Crippen LogP contribution in [-0.4, -0.2) is 32.3 Å². The minimum atomic E-state index is -0.526. The first kappa shape index (κ1) is 19.5. The Morgan fingerprint density at radius 2 is 2.13 bits per heavy atom. The molecule has 0 saturated carbocycles. The van der Waals surface area contributed by atoms with Crippen molar-refractivity contribution in [3.63, 3.8) is 0 Å². The van der Waals surface area contributed by atoms with Gasteiger partial charge in [-0.2, -0.15) is 10.4 Å². The standard InChI is InChI=1S/C16H25BrN4O2/c1-15(2,3)23-14(22)20-16(4,5)8-13-11(10-19-21-13)6-7-12(17)9-18/h10,12H,6-8H2,1-5H3,(H,19,21)(H,20,22). The predicted octanol–water partition coefficient (Wildman–Crippen LogP) is 3.48. The summed E-state index contributed by atoms with van der Waals surface area (Å²) in [5, 5.41) is 18.8. The van der Waals surface area contributed by atoms with Crippen LogP contribution in [0.1, 0.15) is 52.3 Å². The molecule has 23 heavy (non-hydrogen) atoms. The second kappa shape index (κ2) is 7.82. The van der Waals surface area contributed by atoms with Crippen LogP contribution in [0.3, 0.4) is 0 Å². The molecule has 128 valence electrons. The summed E-state index contributed by atoms with van der Waals surface area (Å²) in [5.74, 6) is 0. The third-order valence-electron chi connectivity index (χ3n) is 3.07. The van der Waals surface area contributed by atoms with Crippen LogP contribution >= 0.6 is 15.9 Å². The highest BCUT2D eigenvalue weighted by Gasteiger charge is 2.26. The second-order valence-electron chi connectivity index (χ2n) is 7.20. The Kier molecular flexibility index (Phi) is 6.63. The van der Waals surface area contributed by atoms with E-state index in [1.165, 1.54) is 0 Å². The number of nitriles is 1. The normalized spacial score (nSPS) is 13.3. The SMILES string of the molecule is CC(C)(Cc1[nH]ncc1CCC(Br)C#N)NC(=O)OC(C)(C)C. The lowest BCUT2D eigenvalue weighted by Crippen LogP contribution is -2.47. The Balaban J connectivity index is 2.66. The van der Waals surface area contributed by atoms with Crippen molar-refractivity contribution in [2.45, 2.75) is 69.8 Å². The van der Waals surface area contributed by atoms with Crippen LogP contribution < -0.4 is 5.32 Å². The molecular formula is C16H25BrN4O2. The molecular weight excluding hydrogens is 360 g/mol. The number of aromatic amines is 1. The van der Waals surface area contributed by atoms with Crippen LogP contribution in [-0.2, 0) is 17.6 Å². The first-order valence-corrected chi connectivity index (χ1v) is 8.50. The van der Waals surface area contributed by atoms with E-state index in [1.807, 2.05) is 34.6 Å². The monoisotopic (exact) mass is 384 g/mol. The molecule has 0 bridgehead atoms. The van der Waals surface area contributed by atoms with Gasteiger partial charge in [0.05, 0.1) is 12.3 Å². The number of nitrogens with one attached hydrogen (secondary N) is 2. The Morgan fingerprint density at radius 3 is 2.70 bits per heavy atom. The Bertz CT molecular complexity index is 569. The van der Waals surface area contributed by atoms with Gasteiger partial charge in [-0.3, -0.25) is 5.10 Å². The Hall–Kier alpha value is -1.55. The highest BCUT2D eigenvalue weighted by molar-refractivity contribution is 9.09. The third kappa shape index (κ3) is 7.51. The van der Waals surface area contributed by atoms with Crippen molar-refractivity contribution in [3.05, 3.63) is 17.5 Å². The van der Waals surface area contributed by atoms with Crippen LogP contribution in [0.15, 0.2) is 6.20 Å². The lowest BCUT2D eigenvalue weighted by Gasteiger charge is -2.28. The van der Waals surface area contributed by atoms with Crippen molar-refractivity contribution in [2.24, 2.45) is 0 Å². The van der Waals surface area contributed by atoms with Crippen LogP contribution in [0.5, 0.6) is 0 Å². The number of aryl methyl sites for hydroxylation is 1. The number of carbonyl (C=O) groups excluding carboxylic acids is 1. The molecule has 0 aliphatic heterocycles. The third-order valence-corrected chi connectivity index (χ3v) is 3.74. The lowest BCUT2D eigenvalue weighted by atomic mass is 9.95. The molecule has 1 heterocycles. The smallest absolute Gasteiger partial charge is 0.408 e. The van der Waals surface area contributed by atoms with Crippen LogP contribution in [0.4, 0.5) is 4.79 Å². The summed E-state index contributed by atoms with van der Waals surface area (Å²) in [7, 11) is 0. The number of rotatable bonds is 6. The maximum atomic E-state index is 11.9. The van der Waals surface area contributed by atoms with Crippen molar-refractivity contribution in [1.82, 2.24) is 15.5 Å². The zero-order valence-electron chi connectivity index (χ0n) is 14.4. The average molecular weight is 385 g/mol. The number of hydrogen-bond donors (Lipinski definition) is 2. The number of ether oxygens (including phenoxy) is 1. The molecule has 0 saturated heterocycles. The van der Waals surface area contributed by atoms with Gasteiger partial charge >= 0.3 is 6.09 Å². The molecule has 1 amide bonds. The van der Waals surface area contributed by atoms with E-state index < -0.39 is 17.2 Å². The molecule has 0 fully saturated rings. The molecule has 1 aromatic heterocycles. The number of carbonyl (C=O) groups is 1. The lowest BCUT2D eigenvalue weighted by molar-refractivity contribution is 0.0472. The minimum Gasteiger partial charge on any atom is -0.444 e. The summed E-state index contributed by atoms with van der Waals surface area (Å²) >= 11 is 3.30. The number of amides is 1. The summed E-state index contributed by atoms with van der Waals surface area (Å²) in [6, 6.07) is 2.16. The van der Waals surface area contributed by atoms with E-state index in [9.17, 15) is 4.79 Å². The molecule has 0 aliphatic rings. The fourth-order valence-electron chi connectivity index (χ4n) is 2.12. The van der Waals surface area contributed by atoms with Gasteiger partial charge in [0.25, 0.3) is 0 Å². The highest BCUT2D eigenvalue weighted by Crippen LogP contribution is 2.18.